The lowest BCUT2D eigenvalue weighted by molar-refractivity contribution is 0.102. The molecule has 9 heteroatoms. The molecule has 8 nitrogen and oxygen atoms in total. The summed E-state index contributed by atoms with van der Waals surface area (Å²) in [6.45, 7) is 5.89. The number of piperidine rings is 1. The first-order valence-corrected chi connectivity index (χ1v) is 12.0. The van der Waals surface area contributed by atoms with Crippen molar-refractivity contribution >= 4 is 21.6 Å². The van der Waals surface area contributed by atoms with Crippen LogP contribution in [0.15, 0.2) is 51.9 Å². The Morgan fingerprint density at radius 1 is 1.16 bits per heavy atom. The fraction of sp³-hybridized carbons (Fsp3) is 0.348. The largest absolute Gasteiger partial charge is 0.339 e. The van der Waals surface area contributed by atoms with E-state index in [9.17, 15) is 13.2 Å². The third kappa shape index (κ3) is 4.31. The van der Waals surface area contributed by atoms with Gasteiger partial charge in [-0.1, -0.05) is 29.8 Å². The highest BCUT2D eigenvalue weighted by molar-refractivity contribution is 7.89. The van der Waals surface area contributed by atoms with E-state index in [0.717, 1.165) is 19.3 Å². The second-order valence-corrected chi connectivity index (χ2v) is 9.96. The number of sulfonamides is 1. The van der Waals surface area contributed by atoms with Crippen molar-refractivity contribution < 1.29 is 17.7 Å². The van der Waals surface area contributed by atoms with Crippen molar-refractivity contribution in [2.75, 3.05) is 11.9 Å². The zero-order valence-electron chi connectivity index (χ0n) is 18.3. The number of hydrogen-bond donors (Lipinski definition) is 1. The summed E-state index contributed by atoms with van der Waals surface area (Å²) < 4.78 is 33.1. The summed E-state index contributed by atoms with van der Waals surface area (Å²) in [4.78, 5) is 17.5. The maximum absolute atomic E-state index is 13.3. The van der Waals surface area contributed by atoms with Crippen molar-refractivity contribution in [2.45, 2.75) is 51.0 Å². The topological polar surface area (TPSA) is 105 Å². The fourth-order valence-corrected chi connectivity index (χ4v) is 5.68. The lowest BCUT2D eigenvalue weighted by Crippen LogP contribution is -2.42. The molecule has 1 amide bonds. The second-order valence-electron chi connectivity index (χ2n) is 8.07. The van der Waals surface area contributed by atoms with Gasteiger partial charge in [-0.15, -0.1) is 0 Å². The van der Waals surface area contributed by atoms with Gasteiger partial charge in [0.2, 0.25) is 21.7 Å². The molecular weight excluding hydrogens is 428 g/mol. The van der Waals surface area contributed by atoms with Crippen LogP contribution in [0.25, 0.3) is 11.4 Å². The molecule has 1 atom stereocenters. The molecule has 1 N–H and O–H groups in total. The van der Waals surface area contributed by atoms with Crippen LogP contribution in [0, 0.1) is 13.8 Å². The molecule has 1 saturated heterocycles. The van der Waals surface area contributed by atoms with Gasteiger partial charge in [0.25, 0.3) is 5.91 Å². The van der Waals surface area contributed by atoms with Crippen LogP contribution in [0.4, 0.5) is 5.69 Å². The van der Waals surface area contributed by atoms with Crippen LogP contribution in [0.1, 0.15) is 48.0 Å². The smallest absolute Gasteiger partial charge is 0.255 e. The van der Waals surface area contributed by atoms with Gasteiger partial charge in [-0.05, 0) is 56.5 Å². The second kappa shape index (κ2) is 8.84. The number of para-hydroxylation sites is 1. The Morgan fingerprint density at radius 3 is 2.66 bits per heavy atom. The molecule has 168 valence electrons. The highest BCUT2D eigenvalue weighted by Gasteiger charge is 2.31. The number of rotatable bonds is 5. The first kappa shape index (κ1) is 22.2. The zero-order valence-corrected chi connectivity index (χ0v) is 19.1. The van der Waals surface area contributed by atoms with Gasteiger partial charge in [-0.3, -0.25) is 4.79 Å². The van der Waals surface area contributed by atoms with Crippen molar-refractivity contribution in [1.29, 1.82) is 0 Å². The molecule has 1 aromatic heterocycles. The van der Waals surface area contributed by atoms with Gasteiger partial charge >= 0.3 is 0 Å². The first-order chi connectivity index (χ1) is 15.3. The van der Waals surface area contributed by atoms with Gasteiger partial charge in [-0.25, -0.2) is 8.42 Å². The van der Waals surface area contributed by atoms with Gasteiger partial charge in [0.05, 0.1) is 10.6 Å². The summed E-state index contributed by atoms with van der Waals surface area (Å²) in [6.07, 6.45) is 2.70. The third-order valence-electron chi connectivity index (χ3n) is 5.75. The minimum absolute atomic E-state index is 0.0578. The summed E-state index contributed by atoms with van der Waals surface area (Å²) in [5.74, 6) is 0.381. The van der Waals surface area contributed by atoms with Crippen LogP contribution in [-0.2, 0) is 10.0 Å². The summed E-state index contributed by atoms with van der Waals surface area (Å²) in [5.41, 5.74) is 2.10. The Labute approximate surface area is 187 Å². The van der Waals surface area contributed by atoms with E-state index in [1.165, 1.54) is 10.4 Å². The number of carbonyl (C=O) groups excluding carboxylic acids is 1. The minimum atomic E-state index is -3.68. The van der Waals surface area contributed by atoms with E-state index in [1.54, 1.807) is 44.2 Å². The van der Waals surface area contributed by atoms with E-state index in [1.807, 2.05) is 13.0 Å². The van der Waals surface area contributed by atoms with E-state index >= 15 is 0 Å². The van der Waals surface area contributed by atoms with Crippen molar-refractivity contribution in [1.82, 2.24) is 14.4 Å². The maximum atomic E-state index is 13.3. The molecule has 32 heavy (non-hydrogen) atoms. The molecular formula is C23H26N4O4S. The van der Waals surface area contributed by atoms with E-state index in [0.29, 0.717) is 40.6 Å². The average Bonchev–Trinajstić information content (AvgIpc) is 3.20. The normalized spacial score (nSPS) is 17.3. The van der Waals surface area contributed by atoms with Crippen LogP contribution >= 0.6 is 0 Å². The predicted octanol–water partition coefficient (Wildman–Crippen LogP) is 4.17. The average molecular weight is 455 g/mol. The van der Waals surface area contributed by atoms with E-state index in [2.05, 4.69) is 15.5 Å². The van der Waals surface area contributed by atoms with Crippen LogP contribution in [0.2, 0.25) is 0 Å². The van der Waals surface area contributed by atoms with Crippen molar-refractivity contribution in [3.8, 4) is 11.4 Å². The number of anilines is 1. The van der Waals surface area contributed by atoms with Crippen LogP contribution in [0.3, 0.4) is 0 Å². The summed E-state index contributed by atoms with van der Waals surface area (Å²) in [6, 6.07) is 11.8. The molecule has 0 spiro atoms. The minimum Gasteiger partial charge on any atom is -0.339 e. The Hall–Kier alpha value is -3.04. The number of benzene rings is 2. The Balaban J connectivity index is 1.65. The molecule has 4 rings (SSSR count). The van der Waals surface area contributed by atoms with Crippen LogP contribution < -0.4 is 5.32 Å². The fourth-order valence-electron chi connectivity index (χ4n) is 3.96. The Morgan fingerprint density at radius 2 is 1.94 bits per heavy atom. The number of aryl methyl sites for hydroxylation is 2. The van der Waals surface area contributed by atoms with E-state index in [-0.39, 0.29) is 10.9 Å². The molecule has 1 unspecified atom stereocenters. The zero-order chi connectivity index (χ0) is 22.9. The van der Waals surface area contributed by atoms with Gasteiger partial charge in [-0.2, -0.15) is 9.29 Å². The van der Waals surface area contributed by atoms with E-state index in [4.69, 9.17) is 4.52 Å². The molecule has 1 aliphatic heterocycles. The summed E-state index contributed by atoms with van der Waals surface area (Å²) >= 11 is 0. The highest BCUT2D eigenvalue weighted by atomic mass is 32.2. The number of hydrogen-bond acceptors (Lipinski definition) is 6. The van der Waals surface area contributed by atoms with Crippen molar-refractivity contribution in [3.05, 3.63) is 59.5 Å². The molecule has 0 saturated carbocycles. The summed E-state index contributed by atoms with van der Waals surface area (Å²) in [5, 5.41) is 6.80. The highest BCUT2D eigenvalue weighted by Crippen LogP contribution is 2.28. The molecule has 0 aliphatic carbocycles. The van der Waals surface area contributed by atoms with Gasteiger partial charge in [0.15, 0.2) is 0 Å². The molecule has 1 aliphatic rings. The number of amides is 1. The third-order valence-corrected chi connectivity index (χ3v) is 7.76. The molecule has 0 bridgehead atoms. The lowest BCUT2D eigenvalue weighted by Gasteiger charge is -2.32. The first-order valence-electron chi connectivity index (χ1n) is 10.6. The molecule has 2 heterocycles. The number of nitrogens with zero attached hydrogens (tertiary/aromatic N) is 3. The monoisotopic (exact) mass is 454 g/mol. The quantitative estimate of drug-likeness (QED) is 0.620. The molecule has 0 radical (unpaired) electrons. The number of nitrogens with one attached hydrogen (secondary N) is 1. The Kier molecular flexibility index (Phi) is 6.12. The molecule has 1 fully saturated rings. The van der Waals surface area contributed by atoms with Crippen LogP contribution in [0.5, 0.6) is 0 Å². The summed E-state index contributed by atoms with van der Waals surface area (Å²) in [7, 11) is -3.68. The molecule has 2 aromatic carbocycles. The molecule has 3 aromatic rings. The van der Waals surface area contributed by atoms with Crippen molar-refractivity contribution in [3.63, 3.8) is 0 Å². The number of carbonyl (C=O) groups is 1. The predicted molar refractivity (Wildman–Crippen MR) is 121 cm³/mol. The van der Waals surface area contributed by atoms with Crippen LogP contribution in [-0.4, -0.2) is 41.4 Å². The lowest BCUT2D eigenvalue weighted by atomic mass is 10.1. The van der Waals surface area contributed by atoms with Gasteiger partial charge in [0.1, 0.15) is 0 Å². The van der Waals surface area contributed by atoms with E-state index < -0.39 is 15.9 Å². The van der Waals surface area contributed by atoms with Gasteiger partial charge < -0.3 is 9.84 Å². The number of aromatic nitrogens is 2. The standard InChI is InChI=1S/C23H26N4O4S/c1-15-11-12-18(32(29,30)27-13-7-6-8-16(27)2)14-20(15)23(28)25-21-10-5-4-9-19(21)22-24-17(3)31-26-22/h4-5,9-12,14,16H,6-8,13H2,1-3H3,(H,25,28). The van der Waals surface area contributed by atoms with Gasteiger partial charge in [0, 0.05) is 30.6 Å². The van der Waals surface area contributed by atoms with Crippen molar-refractivity contribution in [2.24, 2.45) is 0 Å². The maximum Gasteiger partial charge on any atom is 0.255 e. The Bertz CT molecular complexity index is 1250. The SMILES string of the molecule is Cc1nc(-c2ccccc2NC(=O)c2cc(S(=O)(=O)N3CCCCC3C)ccc2C)no1.